The summed E-state index contributed by atoms with van der Waals surface area (Å²) in [5.41, 5.74) is 9.84. The molecule has 0 bridgehead atoms. The van der Waals surface area contributed by atoms with E-state index in [2.05, 4.69) is 15.1 Å². The molecule has 4 atom stereocenters. The number of nitrogens with two attached hydrogens (primary N) is 1. The minimum absolute atomic E-state index is 0.0890. The van der Waals surface area contributed by atoms with Crippen molar-refractivity contribution in [3.8, 4) is 11.3 Å². The summed E-state index contributed by atoms with van der Waals surface area (Å²) in [5, 5.41) is 15.0. The van der Waals surface area contributed by atoms with Gasteiger partial charge in [-0.25, -0.2) is 18.3 Å². The van der Waals surface area contributed by atoms with Crippen LogP contribution < -0.4 is 5.73 Å². The number of halogens is 2. The molecule has 0 radical (unpaired) electrons. The molecule has 1 saturated heterocycles. The fraction of sp³-hybridized carbons (Fsp3) is 0.433. The van der Waals surface area contributed by atoms with E-state index in [-0.39, 0.29) is 35.1 Å². The van der Waals surface area contributed by atoms with E-state index >= 15 is 8.78 Å². The number of hydrogen-bond acceptors (Lipinski definition) is 6. The molecule has 3 N–H and O–H groups in total. The Labute approximate surface area is 226 Å². The number of ether oxygens (including phenoxy) is 1. The van der Waals surface area contributed by atoms with E-state index in [4.69, 9.17) is 10.5 Å². The van der Waals surface area contributed by atoms with Gasteiger partial charge in [-0.15, -0.1) is 0 Å². The standard InChI is InChI=1S/C30H33F2N5O2/c1-17-10-20(13-26(33)30(17)38)23-4-7-34-15-21(23)14-28-35-16-22-2-3-27(36-37(22)28)29-24(31)11-19(12-25(29)32)18-5-8-39-9-6-18/h2-4,7,11-12,15-18,20,26,30,38H,5-6,8-10,13-14,33H2,1H3/t17-,20+,26+,30-/m0/s1. The van der Waals surface area contributed by atoms with Crippen LogP contribution in [-0.2, 0) is 11.2 Å². The van der Waals surface area contributed by atoms with Gasteiger partial charge >= 0.3 is 0 Å². The first-order chi connectivity index (χ1) is 18.9. The smallest absolute Gasteiger partial charge is 0.135 e. The Bertz CT molecular complexity index is 1450. The number of benzene rings is 1. The van der Waals surface area contributed by atoms with Gasteiger partial charge in [0.15, 0.2) is 0 Å². The number of pyridine rings is 1. The minimum Gasteiger partial charge on any atom is -0.391 e. The van der Waals surface area contributed by atoms with Crippen molar-refractivity contribution in [2.24, 2.45) is 11.7 Å². The summed E-state index contributed by atoms with van der Waals surface area (Å²) < 4.78 is 37.6. The van der Waals surface area contributed by atoms with Gasteiger partial charge in [0.1, 0.15) is 17.5 Å². The Kier molecular flexibility index (Phi) is 7.14. The average molecular weight is 534 g/mol. The van der Waals surface area contributed by atoms with Crippen LogP contribution in [0.15, 0.2) is 48.9 Å². The Hall–Kier alpha value is -3.27. The second kappa shape index (κ2) is 10.7. The lowest BCUT2D eigenvalue weighted by Crippen LogP contribution is -2.44. The number of fused-ring (bicyclic) bond motifs is 1. The van der Waals surface area contributed by atoms with Crippen LogP contribution in [0.25, 0.3) is 16.8 Å². The topological polar surface area (TPSA) is 98.6 Å². The first-order valence-corrected chi connectivity index (χ1v) is 13.7. The molecule has 2 aliphatic rings. The molecule has 0 spiro atoms. The van der Waals surface area contributed by atoms with E-state index in [1.165, 1.54) is 12.1 Å². The van der Waals surface area contributed by atoms with Crippen LogP contribution in [-0.4, -0.2) is 50.0 Å². The lowest BCUT2D eigenvalue weighted by molar-refractivity contribution is 0.0519. The predicted octanol–water partition coefficient (Wildman–Crippen LogP) is 4.76. The molecule has 6 rings (SSSR count). The molecule has 4 heterocycles. The summed E-state index contributed by atoms with van der Waals surface area (Å²) in [6.07, 6.45) is 8.28. The van der Waals surface area contributed by atoms with Crippen molar-refractivity contribution in [3.05, 3.63) is 83.1 Å². The fourth-order valence-corrected chi connectivity index (χ4v) is 6.27. The summed E-state index contributed by atoms with van der Waals surface area (Å²) in [4.78, 5) is 8.93. The largest absolute Gasteiger partial charge is 0.391 e. The van der Waals surface area contributed by atoms with Gasteiger partial charge in [0.2, 0.25) is 0 Å². The molecule has 7 nitrogen and oxygen atoms in total. The van der Waals surface area contributed by atoms with Gasteiger partial charge in [0, 0.05) is 38.1 Å². The zero-order chi connectivity index (χ0) is 27.1. The van der Waals surface area contributed by atoms with Crippen LogP contribution >= 0.6 is 0 Å². The molecular formula is C30H33F2N5O2. The third kappa shape index (κ3) is 5.06. The molecule has 1 aliphatic carbocycles. The maximum absolute atomic E-state index is 15.3. The molecular weight excluding hydrogens is 500 g/mol. The van der Waals surface area contributed by atoms with E-state index < -0.39 is 17.7 Å². The Morgan fingerprint density at radius 2 is 1.82 bits per heavy atom. The Morgan fingerprint density at radius 3 is 2.56 bits per heavy atom. The summed E-state index contributed by atoms with van der Waals surface area (Å²) in [7, 11) is 0. The molecule has 9 heteroatoms. The zero-order valence-electron chi connectivity index (χ0n) is 21.9. The van der Waals surface area contributed by atoms with Gasteiger partial charge < -0.3 is 15.6 Å². The Morgan fingerprint density at radius 1 is 1.05 bits per heavy atom. The molecule has 0 unspecified atom stereocenters. The van der Waals surface area contributed by atoms with Gasteiger partial charge in [-0.2, -0.15) is 5.10 Å². The minimum atomic E-state index is -0.621. The third-order valence-electron chi connectivity index (χ3n) is 8.43. The molecule has 1 aromatic carbocycles. The highest BCUT2D eigenvalue weighted by molar-refractivity contribution is 5.63. The van der Waals surface area contributed by atoms with E-state index in [0.29, 0.717) is 37.4 Å². The quantitative estimate of drug-likeness (QED) is 0.384. The number of aromatic nitrogens is 4. The van der Waals surface area contributed by atoms with E-state index in [0.717, 1.165) is 35.9 Å². The van der Waals surface area contributed by atoms with Crippen LogP contribution in [0.1, 0.15) is 67.0 Å². The maximum atomic E-state index is 15.3. The van der Waals surface area contributed by atoms with Crippen LogP contribution in [0, 0.1) is 17.6 Å². The second-order valence-corrected chi connectivity index (χ2v) is 11.0. The number of nitrogens with zero attached hydrogens (tertiary/aromatic N) is 4. The van der Waals surface area contributed by atoms with Gasteiger partial charge in [-0.1, -0.05) is 6.92 Å². The highest BCUT2D eigenvalue weighted by Crippen LogP contribution is 2.38. The fourth-order valence-electron chi connectivity index (χ4n) is 6.27. The normalized spacial score (nSPS) is 24.3. The lowest BCUT2D eigenvalue weighted by atomic mass is 9.74. The van der Waals surface area contributed by atoms with Gasteiger partial charge in [0.25, 0.3) is 0 Å². The number of imidazole rings is 1. The van der Waals surface area contributed by atoms with Crippen molar-refractivity contribution in [1.82, 2.24) is 19.6 Å². The lowest BCUT2D eigenvalue weighted by Gasteiger charge is -2.36. The maximum Gasteiger partial charge on any atom is 0.135 e. The molecule has 39 heavy (non-hydrogen) atoms. The second-order valence-electron chi connectivity index (χ2n) is 11.0. The van der Waals surface area contributed by atoms with Crippen molar-refractivity contribution in [2.75, 3.05) is 13.2 Å². The van der Waals surface area contributed by atoms with Crippen molar-refractivity contribution in [3.63, 3.8) is 0 Å². The molecule has 1 saturated carbocycles. The summed E-state index contributed by atoms with van der Waals surface area (Å²) in [6.45, 7) is 3.23. The van der Waals surface area contributed by atoms with Crippen molar-refractivity contribution in [2.45, 2.75) is 63.0 Å². The van der Waals surface area contributed by atoms with Crippen LogP contribution in [0.5, 0.6) is 0 Å². The van der Waals surface area contributed by atoms with Crippen molar-refractivity contribution < 1.29 is 18.6 Å². The molecule has 1 aliphatic heterocycles. The van der Waals surface area contributed by atoms with E-state index in [1.807, 2.05) is 19.2 Å². The van der Waals surface area contributed by atoms with Crippen LogP contribution in [0.4, 0.5) is 8.78 Å². The van der Waals surface area contributed by atoms with Crippen LogP contribution in [0.2, 0.25) is 0 Å². The highest BCUT2D eigenvalue weighted by Gasteiger charge is 2.34. The predicted molar refractivity (Wildman–Crippen MR) is 143 cm³/mol. The molecule has 0 amide bonds. The van der Waals surface area contributed by atoms with Crippen LogP contribution in [0.3, 0.4) is 0 Å². The first-order valence-electron chi connectivity index (χ1n) is 13.7. The average Bonchev–Trinajstić information content (AvgIpc) is 3.34. The van der Waals surface area contributed by atoms with Gasteiger partial charge in [0.05, 0.1) is 29.1 Å². The number of rotatable bonds is 5. The van der Waals surface area contributed by atoms with Crippen molar-refractivity contribution >= 4 is 5.52 Å². The summed E-state index contributed by atoms with van der Waals surface area (Å²) in [5.74, 6) is -0.212. The SMILES string of the molecule is C[C@H]1C[C@@H](c2ccncc2Cc2ncc3ccc(-c4c(F)cc(C5CCOCC5)cc4F)nn23)C[C@@H](N)[C@H]1O. The van der Waals surface area contributed by atoms with Gasteiger partial charge in [-0.05, 0) is 90.5 Å². The summed E-state index contributed by atoms with van der Waals surface area (Å²) in [6, 6.07) is 8.00. The monoisotopic (exact) mass is 533 g/mol. The van der Waals surface area contributed by atoms with E-state index in [1.54, 1.807) is 29.0 Å². The van der Waals surface area contributed by atoms with E-state index in [9.17, 15) is 5.11 Å². The third-order valence-corrected chi connectivity index (χ3v) is 8.43. The number of aliphatic hydroxyl groups is 1. The zero-order valence-corrected chi connectivity index (χ0v) is 21.9. The van der Waals surface area contributed by atoms with Gasteiger partial charge in [-0.3, -0.25) is 4.98 Å². The highest BCUT2D eigenvalue weighted by atomic mass is 19.1. The molecule has 204 valence electrons. The van der Waals surface area contributed by atoms with Crippen molar-refractivity contribution in [1.29, 1.82) is 0 Å². The first kappa shape index (κ1) is 26.0. The summed E-state index contributed by atoms with van der Waals surface area (Å²) >= 11 is 0. The Balaban J connectivity index is 1.32. The molecule has 2 fully saturated rings. The molecule has 4 aromatic rings. The number of hydrogen-bond donors (Lipinski definition) is 2. The number of aliphatic hydroxyl groups excluding tert-OH is 1. The molecule has 3 aromatic heterocycles.